The van der Waals surface area contributed by atoms with E-state index in [2.05, 4.69) is 15.0 Å². The topological polar surface area (TPSA) is 82.0 Å². The summed E-state index contributed by atoms with van der Waals surface area (Å²) in [5, 5.41) is 0.370. The minimum Gasteiger partial charge on any atom is -0.467 e. The maximum atomic E-state index is 10.9. The molecule has 9 heteroatoms. The molecule has 6 nitrogen and oxygen atoms in total. The molecule has 0 aliphatic carbocycles. The van der Waals surface area contributed by atoms with Crippen molar-refractivity contribution in [2.75, 3.05) is 24.9 Å². The molecule has 0 fully saturated rings. The average molecular weight is 284 g/mol. The van der Waals surface area contributed by atoms with E-state index in [1.54, 1.807) is 0 Å². The molecular formula is C7H10ClN3O3S2. The number of halogens is 1. The molecule has 0 spiro atoms. The highest BCUT2D eigenvalue weighted by Crippen LogP contribution is 2.17. The molecule has 16 heavy (non-hydrogen) atoms. The summed E-state index contributed by atoms with van der Waals surface area (Å²) in [4.78, 5) is 11.4. The first-order valence-electron chi connectivity index (χ1n) is 4.17. The Balaban J connectivity index is 2.63. The second kappa shape index (κ2) is 5.65. The van der Waals surface area contributed by atoms with Gasteiger partial charge in [-0.05, 0) is 11.6 Å². The Hall–Kier alpha value is -0.600. The third-order valence-electron chi connectivity index (χ3n) is 1.43. The Bertz CT molecular complexity index is 466. The summed E-state index contributed by atoms with van der Waals surface area (Å²) < 4.78 is 26.6. The smallest absolute Gasteiger partial charge is 0.321 e. The molecule has 0 unspecified atom stereocenters. The summed E-state index contributed by atoms with van der Waals surface area (Å²) in [6.45, 7) is 0. The number of ether oxygens (including phenoxy) is 1. The molecular weight excluding hydrogens is 274 g/mol. The molecule has 1 aromatic heterocycles. The van der Waals surface area contributed by atoms with Gasteiger partial charge in [0.05, 0.1) is 12.9 Å². The largest absolute Gasteiger partial charge is 0.467 e. The first kappa shape index (κ1) is 13.5. The van der Waals surface area contributed by atoms with E-state index >= 15 is 0 Å². The highest BCUT2D eigenvalue weighted by atomic mass is 35.5. The van der Waals surface area contributed by atoms with Crippen LogP contribution in [0.2, 0.25) is 5.28 Å². The van der Waals surface area contributed by atoms with Crippen LogP contribution in [0, 0.1) is 0 Å². The van der Waals surface area contributed by atoms with Gasteiger partial charge in [0.25, 0.3) is 0 Å². The van der Waals surface area contributed by atoms with Crippen molar-refractivity contribution in [1.82, 2.24) is 15.0 Å². The van der Waals surface area contributed by atoms with Gasteiger partial charge >= 0.3 is 6.01 Å². The Morgan fingerprint density at radius 2 is 2.06 bits per heavy atom. The van der Waals surface area contributed by atoms with Crippen LogP contribution in [-0.2, 0) is 9.84 Å². The fourth-order valence-corrected chi connectivity index (χ4v) is 2.98. The van der Waals surface area contributed by atoms with Crippen molar-refractivity contribution in [1.29, 1.82) is 0 Å². The average Bonchev–Trinajstić information content (AvgIpc) is 2.14. The Labute approximate surface area is 103 Å². The molecule has 90 valence electrons. The lowest BCUT2D eigenvalue weighted by atomic mass is 11.0. The van der Waals surface area contributed by atoms with Crippen molar-refractivity contribution < 1.29 is 13.2 Å². The molecule has 0 aliphatic rings. The second-order valence-corrected chi connectivity index (χ2v) is 6.51. The SMILES string of the molecule is COc1nc(Cl)nc(SCCS(C)(=O)=O)n1. The van der Waals surface area contributed by atoms with Gasteiger partial charge in [-0.1, -0.05) is 11.8 Å². The standard InChI is InChI=1S/C7H10ClN3O3S2/c1-14-6-9-5(8)10-7(11-6)15-3-4-16(2,12)13/h3-4H2,1-2H3. The lowest BCUT2D eigenvalue weighted by Crippen LogP contribution is -2.06. The maximum absolute atomic E-state index is 10.9. The van der Waals surface area contributed by atoms with E-state index in [0.29, 0.717) is 10.9 Å². The summed E-state index contributed by atoms with van der Waals surface area (Å²) in [5.74, 6) is 0.422. The number of sulfone groups is 1. The quantitative estimate of drug-likeness (QED) is 0.735. The summed E-state index contributed by atoms with van der Waals surface area (Å²) >= 11 is 6.81. The van der Waals surface area contributed by atoms with E-state index in [9.17, 15) is 8.42 Å². The molecule has 0 amide bonds. The van der Waals surface area contributed by atoms with Gasteiger partial charge in [-0.15, -0.1) is 0 Å². The molecule has 0 bridgehead atoms. The molecule has 0 saturated carbocycles. The normalized spacial score (nSPS) is 11.4. The van der Waals surface area contributed by atoms with Crippen LogP contribution < -0.4 is 4.74 Å². The fraction of sp³-hybridized carbons (Fsp3) is 0.571. The van der Waals surface area contributed by atoms with Gasteiger partial charge in [0.1, 0.15) is 9.84 Å². The Kier molecular flexibility index (Phi) is 4.75. The first-order chi connectivity index (χ1) is 7.40. The number of rotatable bonds is 5. The summed E-state index contributed by atoms with van der Waals surface area (Å²) in [5.41, 5.74) is 0. The molecule has 0 N–H and O–H groups in total. The summed E-state index contributed by atoms with van der Waals surface area (Å²) in [7, 11) is -1.56. The molecule has 0 aromatic carbocycles. The maximum Gasteiger partial charge on any atom is 0.321 e. The number of hydrogen-bond acceptors (Lipinski definition) is 7. The Morgan fingerprint density at radius 1 is 1.38 bits per heavy atom. The van der Waals surface area contributed by atoms with E-state index < -0.39 is 9.84 Å². The first-order valence-corrected chi connectivity index (χ1v) is 7.59. The highest BCUT2D eigenvalue weighted by Gasteiger charge is 2.07. The van der Waals surface area contributed by atoms with Crippen LogP contribution in [0.4, 0.5) is 0 Å². The lowest BCUT2D eigenvalue weighted by Gasteiger charge is -2.01. The molecule has 0 radical (unpaired) electrons. The number of hydrogen-bond donors (Lipinski definition) is 0. The number of aromatic nitrogens is 3. The van der Waals surface area contributed by atoms with Crippen LogP contribution in [0.25, 0.3) is 0 Å². The van der Waals surface area contributed by atoms with Crippen LogP contribution in [0.15, 0.2) is 5.16 Å². The van der Waals surface area contributed by atoms with Crippen LogP contribution in [0.1, 0.15) is 0 Å². The van der Waals surface area contributed by atoms with Gasteiger partial charge in [-0.25, -0.2) is 8.42 Å². The zero-order valence-electron chi connectivity index (χ0n) is 8.68. The highest BCUT2D eigenvalue weighted by molar-refractivity contribution is 8.00. The van der Waals surface area contributed by atoms with Crippen molar-refractivity contribution in [3.05, 3.63) is 5.28 Å². The van der Waals surface area contributed by atoms with E-state index in [4.69, 9.17) is 16.3 Å². The van der Waals surface area contributed by atoms with E-state index in [1.165, 1.54) is 25.1 Å². The molecule has 0 atom stereocenters. The van der Waals surface area contributed by atoms with E-state index in [1.807, 2.05) is 0 Å². The summed E-state index contributed by atoms with van der Waals surface area (Å²) in [6, 6.07) is 0.113. The monoisotopic (exact) mass is 283 g/mol. The molecule has 1 aromatic rings. The van der Waals surface area contributed by atoms with Crippen molar-refractivity contribution in [2.24, 2.45) is 0 Å². The van der Waals surface area contributed by atoms with Gasteiger partial charge in [0, 0.05) is 12.0 Å². The second-order valence-electron chi connectivity index (χ2n) is 2.85. The van der Waals surface area contributed by atoms with Crippen LogP contribution in [0.5, 0.6) is 6.01 Å². The zero-order valence-corrected chi connectivity index (χ0v) is 11.1. The minimum absolute atomic E-state index is 0.0219. The molecule has 1 heterocycles. The van der Waals surface area contributed by atoms with E-state index in [0.717, 1.165) is 0 Å². The molecule has 1 rings (SSSR count). The van der Waals surface area contributed by atoms with Crippen LogP contribution in [0.3, 0.4) is 0 Å². The van der Waals surface area contributed by atoms with Crippen molar-refractivity contribution in [2.45, 2.75) is 5.16 Å². The predicted molar refractivity (Wildman–Crippen MR) is 61.8 cm³/mol. The van der Waals surface area contributed by atoms with Crippen molar-refractivity contribution in [3.8, 4) is 6.01 Å². The fourth-order valence-electron chi connectivity index (χ4n) is 0.755. The van der Waals surface area contributed by atoms with Gasteiger partial charge in [0.2, 0.25) is 5.28 Å². The summed E-state index contributed by atoms with van der Waals surface area (Å²) in [6.07, 6.45) is 1.18. The number of thioether (sulfide) groups is 1. The lowest BCUT2D eigenvalue weighted by molar-refractivity contribution is 0.373. The number of nitrogens with zero attached hydrogens (tertiary/aromatic N) is 3. The van der Waals surface area contributed by atoms with Gasteiger partial charge in [-0.2, -0.15) is 15.0 Å². The predicted octanol–water partition coefficient (Wildman–Crippen LogP) is 0.670. The Morgan fingerprint density at radius 3 is 2.62 bits per heavy atom. The zero-order chi connectivity index (χ0) is 12.2. The minimum atomic E-state index is -2.98. The third-order valence-corrected chi connectivity index (χ3v) is 3.66. The third kappa shape index (κ3) is 4.95. The van der Waals surface area contributed by atoms with Crippen LogP contribution >= 0.6 is 23.4 Å². The number of methoxy groups -OCH3 is 1. The molecule has 0 saturated heterocycles. The van der Waals surface area contributed by atoms with Crippen molar-refractivity contribution in [3.63, 3.8) is 0 Å². The molecule has 0 aliphatic heterocycles. The van der Waals surface area contributed by atoms with Gasteiger partial charge in [-0.3, -0.25) is 0 Å². The van der Waals surface area contributed by atoms with E-state index in [-0.39, 0.29) is 17.0 Å². The van der Waals surface area contributed by atoms with Gasteiger partial charge < -0.3 is 4.74 Å². The van der Waals surface area contributed by atoms with Crippen LogP contribution in [-0.4, -0.2) is 48.2 Å². The van der Waals surface area contributed by atoms with Crippen molar-refractivity contribution >= 4 is 33.2 Å². The van der Waals surface area contributed by atoms with Gasteiger partial charge in [0.15, 0.2) is 5.16 Å².